The van der Waals surface area contributed by atoms with Crippen LogP contribution in [0.15, 0.2) is 36.4 Å². The molecule has 0 saturated carbocycles. The molecular weight excluding hydrogens is 273 g/mol. The van der Waals surface area contributed by atoms with Crippen molar-refractivity contribution in [2.45, 2.75) is 0 Å². The molecule has 2 aromatic heterocycles. The topological polar surface area (TPSA) is 55.1 Å². The first-order chi connectivity index (χ1) is 8.72. The van der Waals surface area contributed by atoms with Gasteiger partial charge in [0, 0.05) is 10.7 Å². The minimum Gasteiger partial charge on any atom is -0.323 e. The molecule has 0 amide bonds. The summed E-state index contributed by atoms with van der Waals surface area (Å²) in [7, 11) is 0. The number of hydrogen-bond acceptors (Lipinski definition) is 4. The quantitative estimate of drug-likeness (QED) is 0.783. The van der Waals surface area contributed by atoms with Gasteiger partial charge >= 0.3 is 0 Å². The van der Waals surface area contributed by atoms with E-state index >= 15 is 0 Å². The second-order valence-electron chi connectivity index (χ2n) is 3.58. The molecule has 0 radical (unpaired) electrons. The van der Waals surface area contributed by atoms with Gasteiger partial charge < -0.3 is 5.32 Å². The van der Waals surface area contributed by atoms with E-state index < -0.39 is 0 Å². The van der Waals surface area contributed by atoms with Gasteiger partial charge in [0.15, 0.2) is 5.65 Å². The van der Waals surface area contributed by atoms with Gasteiger partial charge in [-0.1, -0.05) is 23.2 Å². The third-order valence-corrected chi connectivity index (χ3v) is 2.78. The zero-order chi connectivity index (χ0) is 12.5. The van der Waals surface area contributed by atoms with Crippen LogP contribution >= 0.6 is 23.2 Å². The van der Waals surface area contributed by atoms with Crippen LogP contribution in [0.25, 0.3) is 5.65 Å². The van der Waals surface area contributed by atoms with E-state index in [0.29, 0.717) is 21.8 Å². The van der Waals surface area contributed by atoms with Gasteiger partial charge in [0.1, 0.15) is 5.15 Å². The largest absolute Gasteiger partial charge is 0.323 e. The average molecular weight is 280 g/mol. The van der Waals surface area contributed by atoms with Crippen LogP contribution in [0, 0.1) is 0 Å². The number of nitrogens with zero attached hydrogens (tertiary/aromatic N) is 4. The van der Waals surface area contributed by atoms with E-state index in [-0.39, 0.29) is 0 Å². The van der Waals surface area contributed by atoms with Crippen LogP contribution in [-0.2, 0) is 0 Å². The van der Waals surface area contributed by atoms with Crippen LogP contribution in [0.5, 0.6) is 0 Å². The molecule has 5 nitrogen and oxygen atoms in total. The summed E-state index contributed by atoms with van der Waals surface area (Å²) in [6.07, 6.45) is 0. The predicted octanol–water partition coefficient (Wildman–Crippen LogP) is 3.17. The highest BCUT2D eigenvalue weighted by Gasteiger charge is 2.07. The summed E-state index contributed by atoms with van der Waals surface area (Å²) in [6.45, 7) is 0. The summed E-state index contributed by atoms with van der Waals surface area (Å²) in [5.74, 6) is 0.495. The van der Waals surface area contributed by atoms with Gasteiger partial charge in [0.05, 0.1) is 0 Å². The SMILES string of the molecule is Clc1ccc(Nc2nnc3ccc(Cl)nn23)cc1. The lowest BCUT2D eigenvalue weighted by Crippen LogP contribution is -1.99. The first kappa shape index (κ1) is 11.3. The molecule has 1 N–H and O–H groups in total. The Morgan fingerprint density at radius 3 is 2.50 bits per heavy atom. The number of nitrogens with one attached hydrogen (secondary N) is 1. The van der Waals surface area contributed by atoms with E-state index in [1.165, 1.54) is 4.52 Å². The van der Waals surface area contributed by atoms with Crippen molar-refractivity contribution >= 4 is 40.5 Å². The summed E-state index contributed by atoms with van der Waals surface area (Å²) < 4.78 is 1.54. The molecule has 7 heteroatoms. The molecule has 0 spiro atoms. The standard InChI is InChI=1S/C11H7Cl2N5/c12-7-1-3-8(4-2-7)14-11-16-15-10-6-5-9(13)17-18(10)11/h1-6H,(H,14,16). The van der Waals surface area contributed by atoms with E-state index in [9.17, 15) is 0 Å². The molecule has 0 fully saturated rings. The van der Waals surface area contributed by atoms with Crippen LogP contribution in [-0.4, -0.2) is 19.8 Å². The van der Waals surface area contributed by atoms with Crippen molar-refractivity contribution in [3.8, 4) is 0 Å². The van der Waals surface area contributed by atoms with Crippen LogP contribution in [0.2, 0.25) is 10.2 Å². The molecular formula is C11H7Cl2N5. The molecule has 0 bridgehead atoms. The van der Waals surface area contributed by atoms with Crippen molar-refractivity contribution in [1.82, 2.24) is 19.8 Å². The Hall–Kier alpha value is -1.85. The van der Waals surface area contributed by atoms with Gasteiger partial charge in [-0.2, -0.15) is 9.61 Å². The van der Waals surface area contributed by atoms with E-state index in [2.05, 4.69) is 20.6 Å². The molecule has 0 aliphatic heterocycles. The lowest BCUT2D eigenvalue weighted by molar-refractivity contribution is 0.936. The maximum atomic E-state index is 5.84. The van der Waals surface area contributed by atoms with Crippen molar-refractivity contribution in [1.29, 1.82) is 0 Å². The number of fused-ring (bicyclic) bond motifs is 1. The monoisotopic (exact) mass is 279 g/mol. The number of halogens is 2. The molecule has 18 heavy (non-hydrogen) atoms. The van der Waals surface area contributed by atoms with Crippen LogP contribution in [0.3, 0.4) is 0 Å². The zero-order valence-corrected chi connectivity index (χ0v) is 10.5. The summed E-state index contributed by atoms with van der Waals surface area (Å²) in [5, 5.41) is 16.2. The molecule has 0 saturated heterocycles. The molecule has 2 heterocycles. The third-order valence-electron chi connectivity index (χ3n) is 2.33. The van der Waals surface area contributed by atoms with Gasteiger partial charge in [-0.15, -0.1) is 10.2 Å². The molecule has 0 aliphatic carbocycles. The number of benzene rings is 1. The highest BCUT2D eigenvalue weighted by molar-refractivity contribution is 6.30. The first-order valence-electron chi connectivity index (χ1n) is 5.13. The Bertz CT molecular complexity index is 692. The molecule has 90 valence electrons. The minimum absolute atomic E-state index is 0.376. The second kappa shape index (κ2) is 4.44. The van der Waals surface area contributed by atoms with Crippen molar-refractivity contribution in [2.24, 2.45) is 0 Å². The van der Waals surface area contributed by atoms with Crippen LogP contribution in [0.1, 0.15) is 0 Å². The Kier molecular flexibility index (Phi) is 2.77. The lowest BCUT2D eigenvalue weighted by Gasteiger charge is -2.03. The van der Waals surface area contributed by atoms with Crippen LogP contribution in [0.4, 0.5) is 11.6 Å². The zero-order valence-electron chi connectivity index (χ0n) is 9.01. The maximum Gasteiger partial charge on any atom is 0.250 e. The number of anilines is 2. The van der Waals surface area contributed by atoms with Crippen molar-refractivity contribution in [2.75, 3.05) is 5.32 Å². The van der Waals surface area contributed by atoms with Crippen LogP contribution < -0.4 is 5.32 Å². The lowest BCUT2D eigenvalue weighted by atomic mass is 10.3. The van der Waals surface area contributed by atoms with E-state index in [1.807, 2.05) is 12.1 Å². The van der Waals surface area contributed by atoms with Gasteiger partial charge in [-0.25, -0.2) is 0 Å². The molecule has 0 aliphatic rings. The number of rotatable bonds is 2. The Labute approximate surface area is 112 Å². The fourth-order valence-electron chi connectivity index (χ4n) is 1.51. The third kappa shape index (κ3) is 2.10. The Balaban J connectivity index is 1.99. The fraction of sp³-hybridized carbons (Fsp3) is 0. The van der Waals surface area contributed by atoms with E-state index in [4.69, 9.17) is 23.2 Å². The van der Waals surface area contributed by atoms with E-state index in [1.54, 1.807) is 24.3 Å². The minimum atomic E-state index is 0.376. The first-order valence-corrected chi connectivity index (χ1v) is 5.88. The highest BCUT2D eigenvalue weighted by Crippen LogP contribution is 2.18. The fourth-order valence-corrected chi connectivity index (χ4v) is 1.77. The van der Waals surface area contributed by atoms with Gasteiger partial charge in [0.25, 0.3) is 0 Å². The average Bonchev–Trinajstić information content (AvgIpc) is 2.75. The number of aromatic nitrogens is 4. The molecule has 0 atom stereocenters. The maximum absolute atomic E-state index is 5.84. The van der Waals surface area contributed by atoms with Gasteiger partial charge in [-0.3, -0.25) is 0 Å². The molecule has 0 unspecified atom stereocenters. The highest BCUT2D eigenvalue weighted by atomic mass is 35.5. The van der Waals surface area contributed by atoms with Gasteiger partial charge in [0.2, 0.25) is 5.95 Å². The van der Waals surface area contributed by atoms with Gasteiger partial charge in [-0.05, 0) is 36.4 Å². The normalized spacial score (nSPS) is 10.8. The van der Waals surface area contributed by atoms with E-state index in [0.717, 1.165) is 5.69 Å². The van der Waals surface area contributed by atoms with Crippen molar-refractivity contribution in [3.63, 3.8) is 0 Å². The second-order valence-corrected chi connectivity index (χ2v) is 4.41. The number of hydrogen-bond donors (Lipinski definition) is 1. The van der Waals surface area contributed by atoms with Crippen molar-refractivity contribution < 1.29 is 0 Å². The summed E-state index contributed by atoms with van der Waals surface area (Å²) in [4.78, 5) is 0. The molecule has 3 aromatic rings. The summed E-state index contributed by atoms with van der Waals surface area (Å²) in [6, 6.07) is 10.7. The Morgan fingerprint density at radius 1 is 0.944 bits per heavy atom. The molecule has 1 aromatic carbocycles. The Morgan fingerprint density at radius 2 is 1.72 bits per heavy atom. The molecule has 3 rings (SSSR count). The smallest absolute Gasteiger partial charge is 0.250 e. The summed E-state index contributed by atoms with van der Waals surface area (Å²) >= 11 is 11.7. The van der Waals surface area contributed by atoms with Crippen molar-refractivity contribution in [3.05, 3.63) is 46.6 Å². The summed E-state index contributed by atoms with van der Waals surface area (Å²) in [5.41, 5.74) is 1.46. The predicted molar refractivity (Wildman–Crippen MR) is 70.5 cm³/mol.